The zero-order valence-corrected chi connectivity index (χ0v) is 20.9. The van der Waals surface area contributed by atoms with Gasteiger partial charge in [0.15, 0.2) is 11.5 Å². The van der Waals surface area contributed by atoms with Crippen molar-refractivity contribution < 1.29 is 14.3 Å². The van der Waals surface area contributed by atoms with Gasteiger partial charge in [0.05, 0.1) is 31.2 Å². The maximum absolute atomic E-state index is 13.2. The fourth-order valence-corrected chi connectivity index (χ4v) is 5.05. The molecule has 186 valence electrons. The molecular weight excluding hydrogens is 450 g/mol. The minimum absolute atomic E-state index is 0.167. The van der Waals surface area contributed by atoms with Gasteiger partial charge in [-0.05, 0) is 42.2 Å². The van der Waals surface area contributed by atoms with Gasteiger partial charge in [-0.2, -0.15) is 0 Å². The fraction of sp³-hybridized carbons (Fsp3) is 0.300. The van der Waals surface area contributed by atoms with Crippen molar-refractivity contribution in [3.63, 3.8) is 0 Å². The van der Waals surface area contributed by atoms with Crippen LogP contribution >= 0.6 is 0 Å². The topological polar surface area (TPSA) is 71.6 Å². The Bertz CT molecular complexity index is 1250. The number of carbonyl (C=O) groups is 1. The molecule has 1 aliphatic heterocycles. The number of rotatable bonds is 8. The van der Waals surface area contributed by atoms with E-state index in [9.17, 15) is 4.79 Å². The normalized spacial score (nSPS) is 16.8. The number of methoxy groups -OCH3 is 2. The van der Waals surface area contributed by atoms with Gasteiger partial charge in [-0.1, -0.05) is 61.7 Å². The molecule has 0 atom stereocenters. The number of benzene rings is 3. The van der Waals surface area contributed by atoms with E-state index in [4.69, 9.17) is 9.47 Å². The lowest BCUT2D eigenvalue weighted by Crippen LogP contribution is -2.30. The van der Waals surface area contributed by atoms with E-state index < -0.39 is 0 Å². The maximum atomic E-state index is 13.2. The van der Waals surface area contributed by atoms with Crippen molar-refractivity contribution in [2.24, 2.45) is 0 Å². The van der Waals surface area contributed by atoms with Crippen LogP contribution in [0.2, 0.25) is 0 Å². The van der Waals surface area contributed by atoms with Crippen LogP contribution in [-0.2, 0) is 11.3 Å². The second-order valence-electron chi connectivity index (χ2n) is 9.36. The number of hydrogen-bond donors (Lipinski definition) is 3. The average molecular weight is 484 g/mol. The molecule has 0 saturated heterocycles. The first-order chi connectivity index (χ1) is 17.7. The molecule has 1 amide bonds. The molecule has 6 nitrogen and oxygen atoms in total. The van der Waals surface area contributed by atoms with Gasteiger partial charge in [0, 0.05) is 29.9 Å². The summed E-state index contributed by atoms with van der Waals surface area (Å²) in [6.45, 7) is 0.870. The second kappa shape index (κ2) is 10.9. The molecule has 3 N–H and O–H groups in total. The molecule has 1 fully saturated rings. The summed E-state index contributed by atoms with van der Waals surface area (Å²) in [6, 6.07) is 22.6. The molecule has 0 spiro atoms. The van der Waals surface area contributed by atoms with E-state index in [-0.39, 0.29) is 5.91 Å². The quantitative estimate of drug-likeness (QED) is 0.340. The first kappa shape index (κ1) is 23.9. The summed E-state index contributed by atoms with van der Waals surface area (Å²) < 4.78 is 10.9. The Balaban J connectivity index is 1.45. The predicted molar refractivity (Wildman–Crippen MR) is 145 cm³/mol. The van der Waals surface area contributed by atoms with E-state index in [0.29, 0.717) is 28.8 Å². The van der Waals surface area contributed by atoms with Gasteiger partial charge in [0.2, 0.25) is 0 Å². The van der Waals surface area contributed by atoms with Crippen molar-refractivity contribution in [1.82, 2.24) is 5.32 Å². The standard InChI is InChI=1S/C30H33N3O3/c1-35-26-17-24-25(18-27(26)36-2)33-30(34)28(24)29(21-9-5-3-6-10-21)32-23-15-13-20(14-16-23)19-31-22-11-7-4-8-12-22/h3,5-6,9-10,13-18,22,31-32H,4,7-8,11-12,19H2,1-2H3,(H,33,34)/b29-28-. The molecule has 5 rings (SSSR count). The second-order valence-corrected chi connectivity index (χ2v) is 9.36. The number of fused-ring (bicyclic) bond motifs is 1. The molecule has 0 aromatic heterocycles. The Labute approximate surface area is 212 Å². The number of hydrogen-bond acceptors (Lipinski definition) is 5. The van der Waals surface area contributed by atoms with Crippen molar-refractivity contribution >= 4 is 28.6 Å². The highest BCUT2D eigenvalue weighted by Crippen LogP contribution is 2.43. The smallest absolute Gasteiger partial charge is 0.258 e. The van der Waals surface area contributed by atoms with Crippen molar-refractivity contribution in [3.05, 3.63) is 83.4 Å². The molecule has 3 aromatic rings. The molecular formula is C30H33N3O3. The van der Waals surface area contributed by atoms with Crippen molar-refractivity contribution in [3.8, 4) is 11.5 Å². The number of carbonyl (C=O) groups excluding carboxylic acids is 1. The first-order valence-corrected chi connectivity index (χ1v) is 12.6. The summed E-state index contributed by atoms with van der Waals surface area (Å²) in [7, 11) is 3.18. The highest BCUT2D eigenvalue weighted by molar-refractivity contribution is 6.37. The Morgan fingerprint density at radius 2 is 1.61 bits per heavy atom. The largest absolute Gasteiger partial charge is 0.493 e. The maximum Gasteiger partial charge on any atom is 0.258 e. The summed E-state index contributed by atoms with van der Waals surface area (Å²) >= 11 is 0. The lowest BCUT2D eigenvalue weighted by Gasteiger charge is -2.23. The van der Waals surface area contributed by atoms with E-state index >= 15 is 0 Å². The van der Waals surface area contributed by atoms with Crippen LogP contribution in [0.1, 0.15) is 48.8 Å². The third kappa shape index (κ3) is 5.09. The van der Waals surface area contributed by atoms with Gasteiger partial charge in [-0.15, -0.1) is 0 Å². The van der Waals surface area contributed by atoms with Gasteiger partial charge in [-0.25, -0.2) is 0 Å². The first-order valence-electron chi connectivity index (χ1n) is 12.6. The van der Waals surface area contributed by atoms with Crippen LogP contribution in [0.4, 0.5) is 11.4 Å². The number of ether oxygens (including phenoxy) is 2. The summed E-state index contributed by atoms with van der Waals surface area (Å²) in [4.78, 5) is 13.2. The van der Waals surface area contributed by atoms with E-state index in [1.54, 1.807) is 20.3 Å². The van der Waals surface area contributed by atoms with Gasteiger partial charge < -0.3 is 25.4 Å². The molecule has 0 unspecified atom stereocenters. The SMILES string of the molecule is COc1cc2c(cc1OC)/C(=C(/Nc1ccc(CNC3CCCCC3)cc1)c1ccccc1)C(=O)N2. The van der Waals surface area contributed by atoms with Crippen molar-refractivity contribution in [2.75, 3.05) is 24.9 Å². The minimum Gasteiger partial charge on any atom is -0.493 e. The van der Waals surface area contributed by atoms with Crippen molar-refractivity contribution in [1.29, 1.82) is 0 Å². The minimum atomic E-state index is -0.167. The fourth-order valence-electron chi connectivity index (χ4n) is 5.05. The molecule has 6 heteroatoms. The average Bonchev–Trinajstić information content (AvgIpc) is 3.25. The van der Waals surface area contributed by atoms with E-state index in [0.717, 1.165) is 29.1 Å². The zero-order chi connectivity index (χ0) is 24.9. The van der Waals surface area contributed by atoms with Crippen LogP contribution in [0.5, 0.6) is 11.5 Å². The number of nitrogens with one attached hydrogen (secondary N) is 3. The monoisotopic (exact) mass is 483 g/mol. The third-order valence-corrected chi connectivity index (χ3v) is 7.00. The van der Waals surface area contributed by atoms with Gasteiger partial charge in [-0.3, -0.25) is 4.79 Å². The van der Waals surface area contributed by atoms with E-state index in [1.807, 2.05) is 36.4 Å². The Kier molecular flexibility index (Phi) is 7.23. The van der Waals surface area contributed by atoms with Gasteiger partial charge >= 0.3 is 0 Å². The Hall–Kier alpha value is -3.77. The summed E-state index contributed by atoms with van der Waals surface area (Å²) in [5.41, 5.74) is 5.88. The lowest BCUT2D eigenvalue weighted by molar-refractivity contribution is -0.110. The van der Waals surface area contributed by atoms with Crippen LogP contribution in [0, 0.1) is 0 Å². The number of anilines is 2. The summed E-state index contributed by atoms with van der Waals surface area (Å²) in [5, 5.41) is 10.2. The van der Waals surface area contributed by atoms with Crippen LogP contribution in [0.25, 0.3) is 11.3 Å². The van der Waals surface area contributed by atoms with Crippen LogP contribution in [-0.4, -0.2) is 26.2 Å². The zero-order valence-electron chi connectivity index (χ0n) is 20.9. The predicted octanol–water partition coefficient (Wildman–Crippen LogP) is 6.06. The molecule has 2 aliphatic rings. The van der Waals surface area contributed by atoms with Crippen LogP contribution in [0.3, 0.4) is 0 Å². The summed E-state index contributed by atoms with van der Waals surface area (Å²) in [5.74, 6) is 0.983. The number of amides is 1. The van der Waals surface area contributed by atoms with E-state index in [1.165, 1.54) is 37.7 Å². The van der Waals surface area contributed by atoms with Gasteiger partial charge in [0.25, 0.3) is 5.91 Å². The molecule has 36 heavy (non-hydrogen) atoms. The molecule has 0 bridgehead atoms. The molecule has 1 aliphatic carbocycles. The highest BCUT2D eigenvalue weighted by atomic mass is 16.5. The van der Waals surface area contributed by atoms with E-state index in [2.05, 4.69) is 40.2 Å². The van der Waals surface area contributed by atoms with Crippen molar-refractivity contribution in [2.45, 2.75) is 44.7 Å². The van der Waals surface area contributed by atoms with Gasteiger partial charge in [0.1, 0.15) is 0 Å². The Morgan fingerprint density at radius 3 is 2.31 bits per heavy atom. The molecule has 1 heterocycles. The molecule has 0 radical (unpaired) electrons. The third-order valence-electron chi connectivity index (χ3n) is 7.00. The molecule has 1 saturated carbocycles. The highest BCUT2D eigenvalue weighted by Gasteiger charge is 2.30. The summed E-state index contributed by atoms with van der Waals surface area (Å²) in [6.07, 6.45) is 6.56. The molecule has 3 aromatic carbocycles. The lowest BCUT2D eigenvalue weighted by atomic mass is 9.95. The Morgan fingerprint density at radius 1 is 0.917 bits per heavy atom. The van der Waals surface area contributed by atoms with Crippen LogP contribution < -0.4 is 25.4 Å². The van der Waals surface area contributed by atoms with Crippen LogP contribution in [0.15, 0.2) is 66.7 Å².